The van der Waals surface area contributed by atoms with Crippen LogP contribution in [0.5, 0.6) is 0 Å². The summed E-state index contributed by atoms with van der Waals surface area (Å²) in [5.74, 6) is 0.739. The van der Waals surface area contributed by atoms with E-state index in [0.29, 0.717) is 67.4 Å². The summed E-state index contributed by atoms with van der Waals surface area (Å²) in [6.45, 7) is 5.35. The van der Waals surface area contributed by atoms with E-state index in [0.717, 1.165) is 10.9 Å². The lowest BCUT2D eigenvalue weighted by Crippen LogP contribution is -2.38. The number of para-hydroxylation sites is 1. The van der Waals surface area contributed by atoms with E-state index in [4.69, 9.17) is 9.40 Å². The second-order valence-corrected chi connectivity index (χ2v) is 8.36. The van der Waals surface area contributed by atoms with Crippen LogP contribution < -0.4 is 5.56 Å². The van der Waals surface area contributed by atoms with E-state index in [1.54, 1.807) is 9.80 Å². The molecule has 0 bridgehead atoms. The maximum atomic E-state index is 13.1. The number of carbonyl (C=O) groups excluding carboxylic acids is 2. The minimum Gasteiger partial charge on any atom is -0.451 e. The summed E-state index contributed by atoms with van der Waals surface area (Å²) < 4.78 is 5.84. The lowest BCUT2D eigenvalue weighted by atomic mass is 10.0. The molecule has 0 unspecified atom stereocenters. The van der Waals surface area contributed by atoms with E-state index in [1.165, 1.54) is 6.92 Å². The van der Waals surface area contributed by atoms with Crippen LogP contribution in [0.25, 0.3) is 11.0 Å². The lowest BCUT2D eigenvalue weighted by Gasteiger charge is -2.27. The molecule has 1 atom stereocenters. The van der Waals surface area contributed by atoms with Crippen LogP contribution in [-0.2, 0) is 17.8 Å². The van der Waals surface area contributed by atoms with Gasteiger partial charge in [0, 0.05) is 49.0 Å². The zero-order valence-electron chi connectivity index (χ0n) is 17.6. The molecule has 2 amide bonds. The molecule has 2 aliphatic heterocycles. The number of nitrogens with zero attached hydrogens (tertiary/aromatic N) is 3. The van der Waals surface area contributed by atoms with Gasteiger partial charge in [0.2, 0.25) is 5.91 Å². The Balaban J connectivity index is 1.38. The highest BCUT2D eigenvalue weighted by atomic mass is 16.3. The number of aryl methyl sites for hydroxylation is 1. The Bertz CT molecular complexity index is 1260. The van der Waals surface area contributed by atoms with Crippen molar-refractivity contribution in [1.82, 2.24) is 19.8 Å². The van der Waals surface area contributed by atoms with Gasteiger partial charge in [-0.2, -0.15) is 0 Å². The first-order valence-electron chi connectivity index (χ1n) is 10.6. The number of nitrogens with one attached hydrogen (secondary N) is 1. The number of fused-ring (bicyclic) bond motifs is 2. The van der Waals surface area contributed by atoms with Gasteiger partial charge in [-0.15, -0.1) is 0 Å². The van der Waals surface area contributed by atoms with Crippen molar-refractivity contribution < 1.29 is 14.0 Å². The summed E-state index contributed by atoms with van der Waals surface area (Å²) >= 11 is 0. The minimum atomic E-state index is -0.140. The molecule has 2 aliphatic rings. The summed E-state index contributed by atoms with van der Waals surface area (Å²) in [5.41, 5.74) is 2.73. The Morgan fingerprint density at radius 3 is 2.77 bits per heavy atom. The molecular weight excluding hydrogens is 396 g/mol. The van der Waals surface area contributed by atoms with Crippen molar-refractivity contribution in [2.24, 2.45) is 0 Å². The molecule has 0 saturated carbocycles. The van der Waals surface area contributed by atoms with Crippen molar-refractivity contribution in [1.29, 1.82) is 0 Å². The number of likely N-dealkylation sites (tertiary alicyclic amines) is 1. The van der Waals surface area contributed by atoms with Crippen LogP contribution in [0.15, 0.2) is 33.5 Å². The van der Waals surface area contributed by atoms with Crippen LogP contribution >= 0.6 is 0 Å². The predicted octanol–water partition coefficient (Wildman–Crippen LogP) is 2.36. The predicted molar refractivity (Wildman–Crippen MR) is 114 cm³/mol. The van der Waals surface area contributed by atoms with Crippen LogP contribution in [0.2, 0.25) is 0 Å². The third kappa shape index (κ3) is 3.32. The fourth-order valence-electron chi connectivity index (χ4n) is 4.61. The standard InChI is InChI=1S/C23H24N4O4/c1-13-16-5-3-4-6-19(16)31-20(13)23(30)27-9-7-15(11-27)21-24-18-12-26(14(2)28)10-8-17(18)22(29)25-21/h3-6,15H,7-12H2,1-2H3,(H,24,25,29)/t15-/m1/s1. The van der Waals surface area contributed by atoms with Crippen molar-refractivity contribution >= 4 is 22.8 Å². The number of aromatic amines is 1. The fourth-order valence-corrected chi connectivity index (χ4v) is 4.61. The Morgan fingerprint density at radius 2 is 2.00 bits per heavy atom. The topological polar surface area (TPSA) is 99.5 Å². The lowest BCUT2D eigenvalue weighted by molar-refractivity contribution is -0.129. The van der Waals surface area contributed by atoms with Crippen molar-refractivity contribution in [2.45, 2.75) is 39.2 Å². The summed E-state index contributed by atoms with van der Waals surface area (Å²) in [7, 11) is 0. The molecule has 160 valence electrons. The van der Waals surface area contributed by atoms with Gasteiger partial charge in [-0.25, -0.2) is 4.98 Å². The molecule has 0 spiro atoms. The number of hydrogen-bond acceptors (Lipinski definition) is 5. The molecule has 4 heterocycles. The molecule has 3 aromatic rings. The van der Waals surface area contributed by atoms with E-state index in [9.17, 15) is 14.4 Å². The minimum absolute atomic E-state index is 0.0203. The molecule has 31 heavy (non-hydrogen) atoms. The van der Waals surface area contributed by atoms with Gasteiger partial charge in [-0.1, -0.05) is 18.2 Å². The third-order valence-corrected chi connectivity index (χ3v) is 6.44. The third-order valence-electron chi connectivity index (χ3n) is 6.44. The molecular formula is C23H24N4O4. The van der Waals surface area contributed by atoms with Gasteiger partial charge in [-0.3, -0.25) is 14.4 Å². The van der Waals surface area contributed by atoms with Crippen LogP contribution in [0.4, 0.5) is 0 Å². The first kappa shape index (κ1) is 19.5. The number of furan rings is 1. The van der Waals surface area contributed by atoms with Crippen molar-refractivity contribution in [2.75, 3.05) is 19.6 Å². The Labute approximate surface area is 178 Å². The first-order chi connectivity index (χ1) is 14.9. The number of H-pyrrole nitrogens is 1. The highest BCUT2D eigenvalue weighted by Gasteiger charge is 2.33. The number of hydrogen-bond donors (Lipinski definition) is 1. The van der Waals surface area contributed by atoms with Gasteiger partial charge < -0.3 is 19.2 Å². The van der Waals surface area contributed by atoms with Crippen LogP contribution in [0.1, 0.15) is 52.5 Å². The number of benzene rings is 1. The van der Waals surface area contributed by atoms with Crippen LogP contribution in [-0.4, -0.2) is 51.2 Å². The van der Waals surface area contributed by atoms with Gasteiger partial charge in [0.15, 0.2) is 5.76 Å². The Hall–Kier alpha value is -3.42. The average Bonchev–Trinajstić information content (AvgIpc) is 3.38. The summed E-state index contributed by atoms with van der Waals surface area (Å²) in [6, 6.07) is 7.62. The zero-order valence-corrected chi connectivity index (χ0v) is 17.6. The molecule has 1 aromatic carbocycles. The van der Waals surface area contributed by atoms with E-state index in [2.05, 4.69) is 4.98 Å². The average molecular weight is 420 g/mol. The van der Waals surface area contributed by atoms with E-state index < -0.39 is 0 Å². The van der Waals surface area contributed by atoms with Crippen LogP contribution in [0, 0.1) is 6.92 Å². The van der Waals surface area contributed by atoms with E-state index in [-0.39, 0.29) is 23.3 Å². The smallest absolute Gasteiger partial charge is 0.289 e. The maximum Gasteiger partial charge on any atom is 0.289 e. The molecule has 1 saturated heterocycles. The number of rotatable bonds is 2. The molecule has 0 aliphatic carbocycles. The summed E-state index contributed by atoms with van der Waals surface area (Å²) in [5, 5.41) is 0.942. The number of amides is 2. The molecule has 1 N–H and O–H groups in total. The second kappa shape index (κ2) is 7.37. The van der Waals surface area contributed by atoms with Gasteiger partial charge in [0.05, 0.1) is 12.2 Å². The molecule has 0 radical (unpaired) electrons. The highest BCUT2D eigenvalue weighted by Crippen LogP contribution is 2.30. The van der Waals surface area contributed by atoms with Crippen LogP contribution in [0.3, 0.4) is 0 Å². The highest BCUT2D eigenvalue weighted by molar-refractivity contribution is 5.99. The Kier molecular flexibility index (Phi) is 4.64. The molecule has 8 heteroatoms. The molecule has 5 rings (SSSR count). The quantitative estimate of drug-likeness (QED) is 0.686. The molecule has 1 fully saturated rings. The summed E-state index contributed by atoms with van der Waals surface area (Å²) in [6.07, 6.45) is 1.22. The SMILES string of the molecule is CC(=O)N1CCc2c(nc([C@@H]3CCN(C(=O)c4oc5ccccc5c4C)C3)[nH]c2=O)C1. The summed E-state index contributed by atoms with van der Waals surface area (Å²) in [4.78, 5) is 48.6. The van der Waals surface area contributed by atoms with Crippen molar-refractivity contribution in [3.8, 4) is 0 Å². The molecule has 2 aromatic heterocycles. The molecule has 8 nitrogen and oxygen atoms in total. The Morgan fingerprint density at radius 1 is 1.19 bits per heavy atom. The largest absolute Gasteiger partial charge is 0.451 e. The van der Waals surface area contributed by atoms with Gasteiger partial charge in [-0.05, 0) is 25.8 Å². The second-order valence-electron chi connectivity index (χ2n) is 8.36. The van der Waals surface area contributed by atoms with Gasteiger partial charge in [0.1, 0.15) is 11.4 Å². The van der Waals surface area contributed by atoms with Crippen molar-refractivity contribution in [3.63, 3.8) is 0 Å². The zero-order chi connectivity index (χ0) is 21.7. The number of carbonyl (C=O) groups is 2. The van der Waals surface area contributed by atoms with Gasteiger partial charge in [0.25, 0.3) is 11.5 Å². The van der Waals surface area contributed by atoms with E-state index >= 15 is 0 Å². The monoisotopic (exact) mass is 420 g/mol. The maximum absolute atomic E-state index is 13.1. The van der Waals surface area contributed by atoms with E-state index in [1.807, 2.05) is 31.2 Å². The van der Waals surface area contributed by atoms with Gasteiger partial charge >= 0.3 is 0 Å². The normalized spacial score (nSPS) is 18.5. The fraction of sp³-hybridized carbons (Fsp3) is 0.391. The first-order valence-corrected chi connectivity index (χ1v) is 10.6. The van der Waals surface area contributed by atoms with Crippen molar-refractivity contribution in [3.05, 3.63) is 63.0 Å². The number of aromatic nitrogens is 2.